The molecule has 3 aliphatic rings. The van der Waals surface area contributed by atoms with Gasteiger partial charge in [0.1, 0.15) is 5.75 Å². The molecule has 0 radical (unpaired) electrons. The number of hydrogen-bond acceptors (Lipinski definition) is 4. The van der Waals surface area contributed by atoms with Crippen molar-refractivity contribution >= 4 is 11.8 Å². The van der Waals surface area contributed by atoms with E-state index in [2.05, 4.69) is 5.32 Å². The minimum absolute atomic E-state index is 0.00194. The lowest BCUT2D eigenvalue weighted by Crippen LogP contribution is -2.47. The maximum absolute atomic E-state index is 13.2. The molecule has 2 saturated heterocycles. The van der Waals surface area contributed by atoms with E-state index in [1.807, 2.05) is 29.2 Å². The quantitative estimate of drug-likeness (QED) is 0.886. The van der Waals surface area contributed by atoms with Crippen molar-refractivity contribution in [3.05, 3.63) is 29.8 Å². The Morgan fingerprint density at radius 2 is 2.00 bits per heavy atom. The fourth-order valence-electron chi connectivity index (χ4n) is 3.76. The van der Waals surface area contributed by atoms with Crippen LogP contribution in [0.1, 0.15) is 18.4 Å². The largest absolute Gasteiger partial charge is 0.497 e. The Bertz CT molecular complexity index is 653. The van der Waals surface area contributed by atoms with Crippen molar-refractivity contribution in [3.8, 4) is 5.75 Å². The first kappa shape index (κ1) is 15.4. The number of methoxy groups -OCH3 is 1. The highest BCUT2D eigenvalue weighted by molar-refractivity contribution is 5.92. The first-order valence-corrected chi connectivity index (χ1v) is 8.44. The van der Waals surface area contributed by atoms with Crippen LogP contribution < -0.4 is 10.1 Å². The summed E-state index contributed by atoms with van der Waals surface area (Å²) in [4.78, 5) is 27.2. The fraction of sp³-hybridized carbons (Fsp3) is 0.556. The van der Waals surface area contributed by atoms with Crippen molar-refractivity contribution < 1.29 is 19.1 Å². The molecule has 1 saturated carbocycles. The number of ether oxygens (including phenoxy) is 2. The molecule has 2 heterocycles. The standard InChI is InChI=1S/C18H22N2O4/c1-23-15-4-2-13(3-5-15)18(6-7-18)17(22)20-8-12-10-24-11-14(9-20)19-16(12)21/h2-5,12,14H,6-11H2,1H3,(H,19,21)/t12-,14+/m1/s1. The second kappa shape index (κ2) is 5.77. The molecule has 0 aromatic heterocycles. The molecule has 2 atom stereocenters. The molecular formula is C18H22N2O4. The Morgan fingerprint density at radius 3 is 2.67 bits per heavy atom. The SMILES string of the molecule is COc1ccc(C2(C(=O)N3C[C@H]4COC[C@@H](C3)C(=O)N4)CC2)cc1. The Balaban J connectivity index is 1.57. The van der Waals surface area contributed by atoms with Crippen molar-refractivity contribution in [1.82, 2.24) is 10.2 Å². The Hall–Kier alpha value is -2.08. The Labute approximate surface area is 141 Å². The van der Waals surface area contributed by atoms with Gasteiger partial charge in [-0.2, -0.15) is 0 Å². The smallest absolute Gasteiger partial charge is 0.233 e. The van der Waals surface area contributed by atoms with Gasteiger partial charge in [0.05, 0.1) is 37.7 Å². The van der Waals surface area contributed by atoms with Gasteiger partial charge >= 0.3 is 0 Å². The topological polar surface area (TPSA) is 67.9 Å². The number of fused-ring (bicyclic) bond motifs is 3. The molecule has 2 aliphatic heterocycles. The van der Waals surface area contributed by atoms with Crippen LogP contribution >= 0.6 is 0 Å². The zero-order valence-electron chi connectivity index (χ0n) is 13.8. The van der Waals surface area contributed by atoms with Crippen LogP contribution in [0.4, 0.5) is 0 Å². The summed E-state index contributed by atoms with van der Waals surface area (Å²) in [5, 5.41) is 2.98. The van der Waals surface area contributed by atoms with E-state index >= 15 is 0 Å². The van der Waals surface area contributed by atoms with Crippen LogP contribution in [0.2, 0.25) is 0 Å². The molecule has 2 amide bonds. The van der Waals surface area contributed by atoms with Crippen LogP contribution in [-0.4, -0.2) is 56.2 Å². The third kappa shape index (κ3) is 2.55. The first-order chi connectivity index (χ1) is 11.6. The van der Waals surface area contributed by atoms with Gasteiger partial charge in [0, 0.05) is 13.1 Å². The summed E-state index contributed by atoms with van der Waals surface area (Å²) < 4.78 is 10.7. The summed E-state index contributed by atoms with van der Waals surface area (Å²) in [6.07, 6.45) is 1.73. The number of carbonyl (C=O) groups excluding carboxylic acids is 2. The van der Waals surface area contributed by atoms with Crippen molar-refractivity contribution in [3.63, 3.8) is 0 Å². The van der Waals surface area contributed by atoms with Crippen molar-refractivity contribution in [2.75, 3.05) is 33.4 Å². The summed E-state index contributed by atoms with van der Waals surface area (Å²) in [5.74, 6) is 0.662. The van der Waals surface area contributed by atoms with Gasteiger partial charge in [0.2, 0.25) is 11.8 Å². The van der Waals surface area contributed by atoms with Gasteiger partial charge in [-0.1, -0.05) is 12.1 Å². The molecular weight excluding hydrogens is 308 g/mol. The Morgan fingerprint density at radius 1 is 1.25 bits per heavy atom. The minimum Gasteiger partial charge on any atom is -0.497 e. The van der Waals surface area contributed by atoms with Gasteiger partial charge in [-0.15, -0.1) is 0 Å². The van der Waals surface area contributed by atoms with Crippen LogP contribution in [0.3, 0.4) is 0 Å². The van der Waals surface area contributed by atoms with E-state index in [4.69, 9.17) is 9.47 Å². The number of amides is 2. The van der Waals surface area contributed by atoms with E-state index in [9.17, 15) is 9.59 Å². The lowest BCUT2D eigenvalue weighted by atomic mass is 9.93. The molecule has 0 spiro atoms. The highest BCUT2D eigenvalue weighted by Gasteiger charge is 2.54. The van der Waals surface area contributed by atoms with Gasteiger partial charge in [-0.3, -0.25) is 9.59 Å². The molecule has 0 unspecified atom stereocenters. The van der Waals surface area contributed by atoms with Gasteiger partial charge in [0.15, 0.2) is 0 Å². The molecule has 24 heavy (non-hydrogen) atoms. The monoisotopic (exact) mass is 330 g/mol. The molecule has 2 bridgehead atoms. The van der Waals surface area contributed by atoms with Crippen LogP contribution in [0.15, 0.2) is 24.3 Å². The third-order valence-corrected chi connectivity index (χ3v) is 5.33. The van der Waals surface area contributed by atoms with E-state index in [1.165, 1.54) is 0 Å². The second-order valence-corrected chi connectivity index (χ2v) is 6.96. The maximum Gasteiger partial charge on any atom is 0.233 e. The van der Waals surface area contributed by atoms with Crippen LogP contribution in [-0.2, 0) is 19.7 Å². The number of carbonyl (C=O) groups is 2. The molecule has 128 valence electrons. The summed E-state index contributed by atoms with van der Waals surface area (Å²) in [6, 6.07) is 7.65. The number of hydrogen-bond donors (Lipinski definition) is 1. The lowest BCUT2D eigenvalue weighted by Gasteiger charge is -2.31. The number of nitrogens with one attached hydrogen (secondary N) is 1. The average Bonchev–Trinajstić information content (AvgIpc) is 3.40. The first-order valence-electron chi connectivity index (χ1n) is 8.44. The maximum atomic E-state index is 13.2. The third-order valence-electron chi connectivity index (χ3n) is 5.33. The molecule has 1 aliphatic carbocycles. The molecule has 1 aromatic rings. The van der Waals surface area contributed by atoms with E-state index in [0.29, 0.717) is 26.3 Å². The Kier molecular flexibility index (Phi) is 3.72. The summed E-state index contributed by atoms with van der Waals surface area (Å²) in [6.45, 7) is 1.83. The van der Waals surface area contributed by atoms with Gasteiger partial charge in [-0.25, -0.2) is 0 Å². The fourth-order valence-corrected chi connectivity index (χ4v) is 3.76. The predicted molar refractivity (Wildman–Crippen MR) is 86.7 cm³/mol. The zero-order chi connectivity index (χ0) is 16.7. The minimum atomic E-state index is -0.422. The molecule has 4 rings (SSSR count). The molecule has 3 fully saturated rings. The summed E-state index contributed by atoms with van der Waals surface area (Å²) in [5.41, 5.74) is 0.618. The van der Waals surface area contributed by atoms with Crippen LogP contribution in [0.5, 0.6) is 5.75 Å². The molecule has 1 N–H and O–H groups in total. The lowest BCUT2D eigenvalue weighted by molar-refractivity contribution is -0.136. The van der Waals surface area contributed by atoms with E-state index in [1.54, 1.807) is 7.11 Å². The van der Waals surface area contributed by atoms with E-state index in [0.717, 1.165) is 24.2 Å². The van der Waals surface area contributed by atoms with Crippen LogP contribution in [0.25, 0.3) is 0 Å². The van der Waals surface area contributed by atoms with Gasteiger partial charge in [-0.05, 0) is 30.5 Å². The van der Waals surface area contributed by atoms with Crippen molar-refractivity contribution in [2.24, 2.45) is 5.92 Å². The number of benzene rings is 1. The highest BCUT2D eigenvalue weighted by Crippen LogP contribution is 2.50. The number of rotatable bonds is 3. The van der Waals surface area contributed by atoms with Gasteiger partial charge < -0.3 is 19.7 Å². The predicted octanol–water partition coefficient (Wildman–Crippen LogP) is 0.700. The second-order valence-electron chi connectivity index (χ2n) is 6.96. The van der Waals surface area contributed by atoms with E-state index < -0.39 is 5.41 Å². The van der Waals surface area contributed by atoms with Crippen molar-refractivity contribution in [1.29, 1.82) is 0 Å². The van der Waals surface area contributed by atoms with Crippen molar-refractivity contribution in [2.45, 2.75) is 24.3 Å². The number of nitrogens with zero attached hydrogens (tertiary/aromatic N) is 1. The zero-order valence-corrected chi connectivity index (χ0v) is 13.8. The molecule has 6 heteroatoms. The van der Waals surface area contributed by atoms with E-state index in [-0.39, 0.29) is 23.8 Å². The summed E-state index contributed by atoms with van der Waals surface area (Å²) >= 11 is 0. The molecule has 1 aromatic carbocycles. The molecule has 6 nitrogen and oxygen atoms in total. The van der Waals surface area contributed by atoms with Gasteiger partial charge in [0.25, 0.3) is 0 Å². The normalized spacial score (nSPS) is 27.9. The summed E-state index contributed by atoms with van der Waals surface area (Å²) in [7, 11) is 1.63. The highest BCUT2D eigenvalue weighted by atomic mass is 16.5. The van der Waals surface area contributed by atoms with Crippen LogP contribution in [0, 0.1) is 5.92 Å². The average molecular weight is 330 g/mol.